The van der Waals surface area contributed by atoms with Gasteiger partial charge in [0, 0.05) is 24.5 Å². The molecule has 1 fully saturated rings. The first-order chi connectivity index (χ1) is 9.36. The Hall–Kier alpha value is -1.81. The Kier molecular flexibility index (Phi) is 3.51. The van der Waals surface area contributed by atoms with Crippen LogP contribution in [-0.4, -0.2) is 28.5 Å². The van der Waals surface area contributed by atoms with E-state index in [1.807, 2.05) is 12.3 Å². The lowest BCUT2D eigenvalue weighted by atomic mass is 10.0. The third-order valence-electron chi connectivity index (χ3n) is 3.77. The Labute approximate surface area is 113 Å². The van der Waals surface area contributed by atoms with Crippen LogP contribution in [0.4, 0.5) is 0 Å². The highest BCUT2D eigenvalue weighted by atomic mass is 16.5. The standard InChI is InChI=1S/C15H19N3O/c1-19-14-5-2-4-12(8-14)15-6-3-7-18(15)10-13-9-16-11-17-13/h2,4-5,8-9,11,15H,3,6-7,10H2,1H3,(H,16,17)/t15-/m0/s1. The number of nitrogens with one attached hydrogen (secondary N) is 1. The summed E-state index contributed by atoms with van der Waals surface area (Å²) in [5.41, 5.74) is 2.52. The van der Waals surface area contributed by atoms with Crippen LogP contribution in [0.1, 0.15) is 30.1 Å². The number of ether oxygens (including phenoxy) is 1. The van der Waals surface area contributed by atoms with Gasteiger partial charge < -0.3 is 9.72 Å². The number of nitrogens with zero attached hydrogens (tertiary/aromatic N) is 2. The monoisotopic (exact) mass is 257 g/mol. The van der Waals surface area contributed by atoms with Gasteiger partial charge in [0.15, 0.2) is 0 Å². The van der Waals surface area contributed by atoms with Gasteiger partial charge in [-0.15, -0.1) is 0 Å². The van der Waals surface area contributed by atoms with Crippen LogP contribution in [-0.2, 0) is 6.54 Å². The molecule has 1 aliphatic rings. The van der Waals surface area contributed by atoms with Gasteiger partial charge in [-0.1, -0.05) is 12.1 Å². The molecule has 1 aliphatic heterocycles. The summed E-state index contributed by atoms with van der Waals surface area (Å²) >= 11 is 0. The molecular weight excluding hydrogens is 238 g/mol. The van der Waals surface area contributed by atoms with Gasteiger partial charge in [0.05, 0.1) is 13.4 Å². The Morgan fingerprint density at radius 1 is 1.47 bits per heavy atom. The predicted octanol–water partition coefficient (Wildman–Crippen LogP) is 2.76. The van der Waals surface area contributed by atoms with E-state index in [1.54, 1.807) is 13.4 Å². The molecule has 2 aromatic rings. The second kappa shape index (κ2) is 5.45. The third kappa shape index (κ3) is 2.63. The van der Waals surface area contributed by atoms with Crippen molar-refractivity contribution in [2.75, 3.05) is 13.7 Å². The highest BCUT2D eigenvalue weighted by molar-refractivity contribution is 5.31. The van der Waals surface area contributed by atoms with Crippen LogP contribution < -0.4 is 4.74 Å². The summed E-state index contributed by atoms with van der Waals surface area (Å²) in [5, 5.41) is 0. The summed E-state index contributed by atoms with van der Waals surface area (Å²) in [4.78, 5) is 9.77. The lowest BCUT2D eigenvalue weighted by Crippen LogP contribution is -2.22. The van der Waals surface area contributed by atoms with Crippen LogP contribution in [0.2, 0.25) is 0 Å². The molecule has 0 saturated carbocycles. The maximum absolute atomic E-state index is 5.32. The molecule has 0 amide bonds. The van der Waals surface area contributed by atoms with E-state index >= 15 is 0 Å². The number of aromatic nitrogens is 2. The molecule has 0 radical (unpaired) electrons. The van der Waals surface area contributed by atoms with Crippen molar-refractivity contribution in [2.24, 2.45) is 0 Å². The van der Waals surface area contributed by atoms with Gasteiger partial charge >= 0.3 is 0 Å². The van der Waals surface area contributed by atoms with Crippen LogP contribution >= 0.6 is 0 Å². The summed E-state index contributed by atoms with van der Waals surface area (Å²) in [7, 11) is 1.72. The van der Waals surface area contributed by atoms with Crippen LogP contribution in [0.25, 0.3) is 0 Å². The molecule has 4 nitrogen and oxygen atoms in total. The average Bonchev–Trinajstić information content (AvgIpc) is 3.11. The number of benzene rings is 1. The zero-order valence-electron chi connectivity index (χ0n) is 11.2. The molecule has 100 valence electrons. The fourth-order valence-electron chi connectivity index (χ4n) is 2.83. The molecule has 0 aliphatic carbocycles. The van der Waals surface area contributed by atoms with E-state index in [0.29, 0.717) is 6.04 Å². The van der Waals surface area contributed by atoms with E-state index in [0.717, 1.165) is 18.8 Å². The molecule has 0 spiro atoms. The lowest BCUT2D eigenvalue weighted by molar-refractivity contribution is 0.245. The van der Waals surface area contributed by atoms with Crippen LogP contribution in [0, 0.1) is 0 Å². The molecule has 1 saturated heterocycles. The SMILES string of the molecule is COc1cccc([C@@H]2CCCN2Cc2cnc[nH]2)c1. The average molecular weight is 257 g/mol. The minimum absolute atomic E-state index is 0.485. The number of rotatable bonds is 4. The molecule has 4 heteroatoms. The molecule has 2 heterocycles. The fraction of sp³-hybridized carbons (Fsp3) is 0.400. The topological polar surface area (TPSA) is 41.1 Å². The Morgan fingerprint density at radius 2 is 2.42 bits per heavy atom. The molecule has 0 unspecified atom stereocenters. The van der Waals surface area contributed by atoms with E-state index in [1.165, 1.54) is 24.1 Å². The molecule has 1 atom stereocenters. The minimum Gasteiger partial charge on any atom is -0.497 e. The Bertz CT molecular complexity index is 524. The second-order valence-corrected chi connectivity index (χ2v) is 4.98. The van der Waals surface area contributed by atoms with Crippen molar-refractivity contribution >= 4 is 0 Å². The van der Waals surface area contributed by atoms with Crippen molar-refractivity contribution in [3.05, 3.63) is 48.0 Å². The minimum atomic E-state index is 0.485. The van der Waals surface area contributed by atoms with Gasteiger partial charge in [-0.25, -0.2) is 4.98 Å². The van der Waals surface area contributed by atoms with Gasteiger partial charge in [-0.2, -0.15) is 0 Å². The first-order valence-electron chi connectivity index (χ1n) is 6.72. The van der Waals surface area contributed by atoms with Gasteiger partial charge in [0.1, 0.15) is 5.75 Å². The number of aromatic amines is 1. The van der Waals surface area contributed by atoms with Crippen molar-refractivity contribution in [3.8, 4) is 5.75 Å². The van der Waals surface area contributed by atoms with E-state index in [4.69, 9.17) is 4.74 Å². The smallest absolute Gasteiger partial charge is 0.119 e. The molecule has 1 aromatic heterocycles. The van der Waals surface area contributed by atoms with Crippen molar-refractivity contribution < 1.29 is 4.74 Å². The molecular formula is C15H19N3O. The van der Waals surface area contributed by atoms with Crippen LogP contribution in [0.5, 0.6) is 5.75 Å². The molecule has 3 rings (SSSR count). The molecule has 1 aromatic carbocycles. The van der Waals surface area contributed by atoms with Crippen molar-refractivity contribution in [1.29, 1.82) is 0 Å². The van der Waals surface area contributed by atoms with Gasteiger partial charge in [-0.05, 0) is 37.1 Å². The van der Waals surface area contributed by atoms with E-state index in [2.05, 4.69) is 33.1 Å². The highest BCUT2D eigenvalue weighted by Crippen LogP contribution is 2.34. The van der Waals surface area contributed by atoms with E-state index in [-0.39, 0.29) is 0 Å². The number of hydrogen-bond donors (Lipinski definition) is 1. The molecule has 0 bridgehead atoms. The number of likely N-dealkylation sites (tertiary alicyclic amines) is 1. The zero-order chi connectivity index (χ0) is 13.1. The van der Waals surface area contributed by atoms with E-state index < -0.39 is 0 Å². The summed E-state index contributed by atoms with van der Waals surface area (Å²) in [6.45, 7) is 2.07. The van der Waals surface area contributed by atoms with Crippen molar-refractivity contribution in [3.63, 3.8) is 0 Å². The normalized spacial score (nSPS) is 19.7. The van der Waals surface area contributed by atoms with E-state index in [9.17, 15) is 0 Å². The lowest BCUT2D eigenvalue weighted by Gasteiger charge is -2.24. The first-order valence-corrected chi connectivity index (χ1v) is 6.72. The fourth-order valence-corrected chi connectivity index (χ4v) is 2.83. The predicted molar refractivity (Wildman–Crippen MR) is 74.0 cm³/mol. The molecule has 1 N–H and O–H groups in total. The second-order valence-electron chi connectivity index (χ2n) is 4.98. The maximum Gasteiger partial charge on any atom is 0.119 e. The van der Waals surface area contributed by atoms with Crippen molar-refractivity contribution in [2.45, 2.75) is 25.4 Å². The Balaban J connectivity index is 1.78. The van der Waals surface area contributed by atoms with Crippen LogP contribution in [0.15, 0.2) is 36.8 Å². The summed E-state index contributed by atoms with van der Waals surface area (Å²) in [6.07, 6.45) is 6.10. The number of imidazole rings is 1. The zero-order valence-corrected chi connectivity index (χ0v) is 11.2. The summed E-state index contributed by atoms with van der Waals surface area (Å²) < 4.78 is 5.32. The summed E-state index contributed by atoms with van der Waals surface area (Å²) in [6, 6.07) is 8.89. The van der Waals surface area contributed by atoms with Gasteiger partial charge in [0.25, 0.3) is 0 Å². The van der Waals surface area contributed by atoms with Crippen LogP contribution in [0.3, 0.4) is 0 Å². The third-order valence-corrected chi connectivity index (χ3v) is 3.77. The Morgan fingerprint density at radius 3 is 3.21 bits per heavy atom. The quantitative estimate of drug-likeness (QED) is 0.915. The summed E-state index contributed by atoms with van der Waals surface area (Å²) in [5.74, 6) is 0.936. The van der Waals surface area contributed by atoms with Crippen molar-refractivity contribution in [1.82, 2.24) is 14.9 Å². The number of methoxy groups -OCH3 is 1. The first kappa shape index (κ1) is 12.2. The number of H-pyrrole nitrogens is 1. The largest absolute Gasteiger partial charge is 0.497 e. The van der Waals surface area contributed by atoms with Gasteiger partial charge in [0.2, 0.25) is 0 Å². The number of hydrogen-bond acceptors (Lipinski definition) is 3. The maximum atomic E-state index is 5.32. The molecule has 19 heavy (non-hydrogen) atoms. The van der Waals surface area contributed by atoms with Gasteiger partial charge in [-0.3, -0.25) is 4.90 Å². The highest BCUT2D eigenvalue weighted by Gasteiger charge is 2.26.